The maximum atomic E-state index is 13.6. The van der Waals surface area contributed by atoms with Crippen LogP contribution in [0, 0.1) is 0 Å². The number of nitrogens with zero attached hydrogens (tertiary/aromatic N) is 3. The summed E-state index contributed by atoms with van der Waals surface area (Å²) in [6, 6.07) is 14.7. The number of amides is 2. The van der Waals surface area contributed by atoms with Gasteiger partial charge in [-0.25, -0.2) is 4.31 Å². The number of para-hydroxylation sites is 1. The summed E-state index contributed by atoms with van der Waals surface area (Å²) < 4.78 is 28.3. The topological polar surface area (TPSA) is 90.0 Å². The van der Waals surface area contributed by atoms with Crippen LogP contribution in [0.1, 0.15) is 32.3 Å². The minimum atomic E-state index is -3.96. The molecule has 0 aliphatic carbocycles. The van der Waals surface area contributed by atoms with Crippen LogP contribution in [-0.2, 0) is 26.3 Å². The van der Waals surface area contributed by atoms with Crippen LogP contribution in [0.25, 0.3) is 0 Å². The Morgan fingerprint density at radius 3 is 2.15 bits per heavy atom. The highest BCUT2D eigenvalue weighted by Gasteiger charge is 2.33. The summed E-state index contributed by atoms with van der Waals surface area (Å²) in [4.78, 5) is 28.0. The molecule has 186 valence electrons. The van der Waals surface area contributed by atoms with E-state index in [-0.39, 0.29) is 12.5 Å². The number of hydrogen-bond acceptors (Lipinski definition) is 4. The standard InChI is InChI=1S/C24H33ClN4O4S/c1-5-16-26-24(31)22(6-2)28(17-19-12-14-20(25)15-13-19)23(30)18-29(34(32,33)27(3)4)21-10-8-7-9-11-21/h7-15,22H,5-6,16-18H2,1-4H3,(H,26,31). The van der Waals surface area contributed by atoms with Crippen LogP contribution >= 0.6 is 11.6 Å². The zero-order valence-electron chi connectivity index (χ0n) is 20.1. The molecule has 0 aliphatic rings. The van der Waals surface area contributed by atoms with Crippen LogP contribution in [0.15, 0.2) is 54.6 Å². The van der Waals surface area contributed by atoms with Gasteiger partial charge in [-0.3, -0.25) is 9.59 Å². The molecule has 1 atom stereocenters. The summed E-state index contributed by atoms with van der Waals surface area (Å²) in [7, 11) is -1.14. The highest BCUT2D eigenvalue weighted by Crippen LogP contribution is 2.21. The Morgan fingerprint density at radius 1 is 1.00 bits per heavy atom. The van der Waals surface area contributed by atoms with E-state index in [9.17, 15) is 18.0 Å². The largest absolute Gasteiger partial charge is 0.354 e. The first-order chi connectivity index (χ1) is 16.1. The summed E-state index contributed by atoms with van der Waals surface area (Å²) in [5.74, 6) is -0.754. The van der Waals surface area contributed by atoms with E-state index in [0.29, 0.717) is 23.7 Å². The number of carbonyl (C=O) groups is 2. The van der Waals surface area contributed by atoms with Gasteiger partial charge in [0.25, 0.3) is 0 Å². The van der Waals surface area contributed by atoms with Crippen LogP contribution in [0.5, 0.6) is 0 Å². The molecule has 0 radical (unpaired) electrons. The van der Waals surface area contributed by atoms with E-state index in [0.717, 1.165) is 20.6 Å². The Morgan fingerprint density at radius 2 is 1.62 bits per heavy atom. The minimum Gasteiger partial charge on any atom is -0.354 e. The first-order valence-corrected chi connectivity index (χ1v) is 13.0. The SMILES string of the molecule is CCCNC(=O)C(CC)N(Cc1ccc(Cl)cc1)C(=O)CN(c1ccccc1)S(=O)(=O)N(C)C. The minimum absolute atomic E-state index is 0.138. The smallest absolute Gasteiger partial charge is 0.304 e. The lowest BCUT2D eigenvalue weighted by Crippen LogP contribution is -2.53. The van der Waals surface area contributed by atoms with Crippen molar-refractivity contribution in [1.82, 2.24) is 14.5 Å². The first-order valence-electron chi connectivity index (χ1n) is 11.2. The van der Waals surface area contributed by atoms with Gasteiger partial charge in [-0.05, 0) is 42.7 Å². The third kappa shape index (κ3) is 7.19. The molecule has 0 spiro atoms. The van der Waals surface area contributed by atoms with Crippen LogP contribution in [0.3, 0.4) is 0 Å². The number of nitrogens with one attached hydrogen (secondary N) is 1. The van der Waals surface area contributed by atoms with Crippen molar-refractivity contribution in [3.05, 3.63) is 65.2 Å². The third-order valence-corrected chi connectivity index (χ3v) is 7.34. The second kappa shape index (κ2) is 12.7. The lowest BCUT2D eigenvalue weighted by Gasteiger charge is -2.33. The maximum absolute atomic E-state index is 13.6. The van der Waals surface area contributed by atoms with E-state index >= 15 is 0 Å². The molecule has 10 heteroatoms. The summed E-state index contributed by atoms with van der Waals surface area (Å²) in [5, 5.41) is 3.41. The average Bonchev–Trinajstić information content (AvgIpc) is 2.82. The highest BCUT2D eigenvalue weighted by atomic mass is 35.5. The fourth-order valence-corrected chi connectivity index (χ4v) is 4.57. The molecule has 0 saturated heterocycles. The van der Waals surface area contributed by atoms with Gasteiger partial charge in [0.2, 0.25) is 11.8 Å². The van der Waals surface area contributed by atoms with E-state index in [1.165, 1.54) is 19.0 Å². The Balaban J connectivity index is 2.44. The van der Waals surface area contributed by atoms with Gasteiger partial charge in [-0.15, -0.1) is 0 Å². The Bertz CT molecular complexity index is 1050. The predicted molar refractivity (Wildman–Crippen MR) is 136 cm³/mol. The third-order valence-electron chi connectivity index (χ3n) is 5.26. The number of rotatable bonds is 12. The van der Waals surface area contributed by atoms with Gasteiger partial charge < -0.3 is 10.2 Å². The zero-order chi connectivity index (χ0) is 25.3. The van der Waals surface area contributed by atoms with Gasteiger partial charge in [0.05, 0.1) is 5.69 Å². The molecule has 1 unspecified atom stereocenters. The van der Waals surface area contributed by atoms with Gasteiger partial charge >= 0.3 is 10.2 Å². The van der Waals surface area contributed by atoms with Gasteiger partial charge in [0, 0.05) is 32.2 Å². The first kappa shape index (κ1) is 27.6. The molecule has 2 amide bonds. The zero-order valence-corrected chi connectivity index (χ0v) is 21.6. The lowest BCUT2D eigenvalue weighted by molar-refractivity contribution is -0.140. The van der Waals surface area contributed by atoms with Gasteiger partial charge in [0.15, 0.2) is 0 Å². The molecular formula is C24H33ClN4O4S. The van der Waals surface area contributed by atoms with E-state index in [2.05, 4.69) is 5.32 Å². The summed E-state index contributed by atoms with van der Waals surface area (Å²) >= 11 is 6.00. The second-order valence-electron chi connectivity index (χ2n) is 8.00. The van der Waals surface area contributed by atoms with Crippen molar-refractivity contribution in [1.29, 1.82) is 0 Å². The molecule has 0 saturated carbocycles. The van der Waals surface area contributed by atoms with Crippen molar-refractivity contribution in [2.24, 2.45) is 0 Å². The molecule has 34 heavy (non-hydrogen) atoms. The Hall–Kier alpha value is -2.62. The van der Waals surface area contributed by atoms with Crippen molar-refractivity contribution in [2.75, 3.05) is 31.5 Å². The van der Waals surface area contributed by atoms with E-state index in [1.54, 1.807) is 54.6 Å². The van der Waals surface area contributed by atoms with Crippen LogP contribution < -0.4 is 9.62 Å². The normalized spacial score (nSPS) is 12.3. The van der Waals surface area contributed by atoms with Crippen molar-refractivity contribution in [3.8, 4) is 0 Å². The molecule has 2 aromatic carbocycles. The van der Waals surface area contributed by atoms with Crippen molar-refractivity contribution in [3.63, 3.8) is 0 Å². The number of benzene rings is 2. The lowest BCUT2D eigenvalue weighted by atomic mass is 10.1. The predicted octanol–water partition coefficient (Wildman–Crippen LogP) is 3.29. The molecule has 0 heterocycles. The summed E-state index contributed by atoms with van der Waals surface area (Å²) in [6.07, 6.45) is 1.14. The monoisotopic (exact) mass is 508 g/mol. The van der Waals surface area contributed by atoms with Crippen molar-refractivity contribution < 1.29 is 18.0 Å². The van der Waals surface area contributed by atoms with Crippen molar-refractivity contribution in [2.45, 2.75) is 39.3 Å². The van der Waals surface area contributed by atoms with E-state index in [1.807, 2.05) is 13.8 Å². The molecule has 0 aromatic heterocycles. The number of anilines is 1. The van der Waals surface area contributed by atoms with Crippen LogP contribution in [0.4, 0.5) is 5.69 Å². The molecule has 2 rings (SSSR count). The fourth-order valence-electron chi connectivity index (χ4n) is 3.38. The molecule has 0 fully saturated rings. The summed E-state index contributed by atoms with van der Waals surface area (Å²) in [5.41, 5.74) is 1.14. The van der Waals surface area contributed by atoms with Gasteiger partial charge in [0.1, 0.15) is 12.6 Å². The Labute approximate surface area is 207 Å². The number of halogens is 1. The quantitative estimate of drug-likeness (QED) is 0.476. The molecule has 2 aromatic rings. The molecular weight excluding hydrogens is 476 g/mol. The Kier molecular flexibility index (Phi) is 10.3. The van der Waals surface area contributed by atoms with Gasteiger partial charge in [-0.1, -0.05) is 55.8 Å². The van der Waals surface area contributed by atoms with E-state index in [4.69, 9.17) is 11.6 Å². The maximum Gasteiger partial charge on any atom is 0.304 e. The number of carbonyl (C=O) groups excluding carboxylic acids is 2. The van der Waals surface area contributed by atoms with Crippen LogP contribution in [-0.4, -0.2) is 62.7 Å². The highest BCUT2D eigenvalue weighted by molar-refractivity contribution is 7.90. The summed E-state index contributed by atoms with van der Waals surface area (Å²) in [6.45, 7) is 3.95. The van der Waals surface area contributed by atoms with Crippen LogP contribution in [0.2, 0.25) is 5.02 Å². The molecule has 0 aliphatic heterocycles. The van der Waals surface area contributed by atoms with Crippen molar-refractivity contribution >= 4 is 39.3 Å². The second-order valence-corrected chi connectivity index (χ2v) is 10.5. The van der Waals surface area contributed by atoms with E-state index < -0.39 is 28.7 Å². The van der Waals surface area contributed by atoms with Gasteiger partial charge in [-0.2, -0.15) is 12.7 Å². The number of hydrogen-bond donors (Lipinski definition) is 1. The fraction of sp³-hybridized carbons (Fsp3) is 0.417. The molecule has 0 bridgehead atoms. The molecule has 8 nitrogen and oxygen atoms in total. The molecule has 1 N–H and O–H groups in total. The average molecular weight is 509 g/mol.